The van der Waals surface area contributed by atoms with Crippen LogP contribution < -0.4 is 20.7 Å². The van der Waals surface area contributed by atoms with E-state index in [2.05, 4.69) is 31.1 Å². The zero-order valence-corrected chi connectivity index (χ0v) is 20.2. The minimum absolute atomic E-state index is 0.108. The van der Waals surface area contributed by atoms with Crippen molar-refractivity contribution in [3.05, 3.63) is 41.2 Å². The smallest absolute Gasteiger partial charge is 0.321 e. The second-order valence-electron chi connectivity index (χ2n) is 7.42. The van der Waals surface area contributed by atoms with Gasteiger partial charge in [-0.2, -0.15) is 0 Å². The van der Waals surface area contributed by atoms with Crippen molar-refractivity contribution in [2.24, 2.45) is 0 Å². The highest BCUT2D eigenvalue weighted by atomic mass is 32.2. The molecule has 3 N–H and O–H groups in total. The molecule has 1 fully saturated rings. The number of ether oxygens (including phenoxy) is 1. The van der Waals surface area contributed by atoms with Crippen LogP contribution in [0.25, 0.3) is 5.69 Å². The van der Waals surface area contributed by atoms with Crippen LogP contribution >= 0.6 is 23.1 Å². The van der Waals surface area contributed by atoms with Gasteiger partial charge in [0.25, 0.3) is 0 Å². The van der Waals surface area contributed by atoms with Gasteiger partial charge in [0.15, 0.2) is 10.3 Å². The number of nitrogens with zero attached hydrogens (tertiary/aromatic N) is 4. The number of benzene rings is 1. The Morgan fingerprint density at radius 3 is 2.76 bits per heavy atom. The summed E-state index contributed by atoms with van der Waals surface area (Å²) >= 11 is 2.59. The highest BCUT2D eigenvalue weighted by Crippen LogP contribution is 2.25. The molecule has 11 nitrogen and oxygen atoms in total. The maximum Gasteiger partial charge on any atom is 0.321 e. The van der Waals surface area contributed by atoms with Crippen molar-refractivity contribution in [1.82, 2.24) is 30.4 Å². The van der Waals surface area contributed by atoms with Crippen LogP contribution in [0, 0.1) is 6.92 Å². The number of thioether (sulfide) groups is 1. The molecule has 178 valence electrons. The molecule has 34 heavy (non-hydrogen) atoms. The van der Waals surface area contributed by atoms with E-state index in [0.717, 1.165) is 17.1 Å². The summed E-state index contributed by atoms with van der Waals surface area (Å²) in [5, 5.41) is 19.2. The lowest BCUT2D eigenvalue weighted by atomic mass is 10.1. The molecule has 1 unspecified atom stereocenters. The Bertz CT molecular complexity index is 1180. The normalized spacial score (nSPS) is 15.5. The van der Waals surface area contributed by atoms with Gasteiger partial charge in [-0.1, -0.05) is 11.8 Å². The van der Waals surface area contributed by atoms with E-state index in [4.69, 9.17) is 4.74 Å². The van der Waals surface area contributed by atoms with Gasteiger partial charge in [-0.15, -0.1) is 21.5 Å². The Balaban J connectivity index is 1.54. The molecule has 1 aliphatic heterocycles. The predicted octanol–water partition coefficient (Wildman–Crippen LogP) is 2.30. The molecular formula is C21H23N7O4S2. The van der Waals surface area contributed by atoms with Crippen LogP contribution in [0.1, 0.15) is 24.9 Å². The van der Waals surface area contributed by atoms with Crippen LogP contribution in [0.2, 0.25) is 0 Å². The van der Waals surface area contributed by atoms with Gasteiger partial charge in [0, 0.05) is 30.0 Å². The van der Waals surface area contributed by atoms with Gasteiger partial charge in [-0.05, 0) is 38.1 Å². The van der Waals surface area contributed by atoms with Crippen LogP contribution in [0.15, 0.2) is 34.8 Å². The number of aryl methyl sites for hydroxylation is 1. The van der Waals surface area contributed by atoms with Crippen LogP contribution in [-0.2, 0) is 16.0 Å². The fourth-order valence-electron chi connectivity index (χ4n) is 3.36. The van der Waals surface area contributed by atoms with Gasteiger partial charge in [0.1, 0.15) is 11.6 Å². The number of imide groups is 1. The molecule has 4 amide bonds. The van der Waals surface area contributed by atoms with Crippen molar-refractivity contribution in [3.63, 3.8) is 0 Å². The van der Waals surface area contributed by atoms with Crippen LogP contribution in [-0.4, -0.2) is 56.0 Å². The third-order valence-electron chi connectivity index (χ3n) is 4.75. The highest BCUT2D eigenvalue weighted by Gasteiger charge is 2.27. The Labute approximate surface area is 203 Å². The summed E-state index contributed by atoms with van der Waals surface area (Å²) in [7, 11) is 0. The molecule has 0 spiro atoms. The Kier molecular flexibility index (Phi) is 7.43. The fourth-order valence-corrected chi connectivity index (χ4v) is 4.83. The molecule has 13 heteroatoms. The van der Waals surface area contributed by atoms with Crippen molar-refractivity contribution >= 4 is 46.1 Å². The molecule has 1 aliphatic rings. The lowest BCUT2D eigenvalue weighted by Crippen LogP contribution is -2.53. The summed E-state index contributed by atoms with van der Waals surface area (Å²) < 4.78 is 7.34. The number of hydrogen-bond donors (Lipinski definition) is 3. The molecule has 1 saturated heterocycles. The molecular weight excluding hydrogens is 478 g/mol. The minimum atomic E-state index is -0.530. The second kappa shape index (κ2) is 10.7. The number of nitrogens with one attached hydrogen (secondary N) is 3. The van der Waals surface area contributed by atoms with Crippen LogP contribution in [0.4, 0.5) is 9.93 Å². The first-order valence-electron chi connectivity index (χ1n) is 10.5. The van der Waals surface area contributed by atoms with E-state index in [1.807, 2.05) is 48.1 Å². The Hall–Kier alpha value is -3.45. The van der Waals surface area contributed by atoms with Crippen molar-refractivity contribution < 1.29 is 19.1 Å². The van der Waals surface area contributed by atoms with E-state index in [-0.39, 0.29) is 24.0 Å². The van der Waals surface area contributed by atoms with Gasteiger partial charge >= 0.3 is 6.03 Å². The number of hydrogen-bond acceptors (Lipinski definition) is 9. The van der Waals surface area contributed by atoms with Crippen molar-refractivity contribution in [1.29, 1.82) is 0 Å². The molecule has 2 aromatic heterocycles. The summed E-state index contributed by atoms with van der Waals surface area (Å²) in [5.74, 6) is 0.839. The zero-order chi connectivity index (χ0) is 24.1. The first-order valence-corrected chi connectivity index (χ1v) is 12.4. The van der Waals surface area contributed by atoms with E-state index >= 15 is 0 Å². The monoisotopic (exact) mass is 501 g/mol. The molecule has 3 aromatic rings. The fraction of sp³-hybridized carbons (Fsp3) is 0.333. The number of anilines is 1. The summed E-state index contributed by atoms with van der Waals surface area (Å²) in [6.45, 7) is 4.32. The quantitative estimate of drug-likeness (QED) is 0.380. The second-order valence-corrected chi connectivity index (χ2v) is 9.22. The van der Waals surface area contributed by atoms with E-state index in [9.17, 15) is 14.4 Å². The van der Waals surface area contributed by atoms with Gasteiger partial charge in [0.2, 0.25) is 11.8 Å². The molecule has 1 aromatic carbocycles. The molecule has 0 bridgehead atoms. The van der Waals surface area contributed by atoms with Crippen molar-refractivity contribution in [2.75, 3.05) is 17.7 Å². The van der Waals surface area contributed by atoms with E-state index in [1.54, 1.807) is 0 Å². The van der Waals surface area contributed by atoms with Gasteiger partial charge < -0.3 is 15.4 Å². The zero-order valence-electron chi connectivity index (χ0n) is 18.5. The number of amides is 4. The van der Waals surface area contributed by atoms with E-state index < -0.39 is 12.1 Å². The van der Waals surface area contributed by atoms with Gasteiger partial charge in [-0.3, -0.25) is 19.5 Å². The topological polar surface area (TPSA) is 140 Å². The molecule has 0 saturated carbocycles. The third-order valence-corrected chi connectivity index (χ3v) is 6.56. The summed E-state index contributed by atoms with van der Waals surface area (Å²) in [6, 6.07) is 6.46. The lowest BCUT2D eigenvalue weighted by molar-refractivity contribution is -0.121. The van der Waals surface area contributed by atoms with Crippen molar-refractivity contribution in [2.45, 2.75) is 37.9 Å². The average molecular weight is 502 g/mol. The van der Waals surface area contributed by atoms with Gasteiger partial charge in [-0.25, -0.2) is 9.78 Å². The Morgan fingerprint density at radius 2 is 2.09 bits per heavy atom. The highest BCUT2D eigenvalue weighted by molar-refractivity contribution is 7.99. The predicted molar refractivity (Wildman–Crippen MR) is 128 cm³/mol. The summed E-state index contributed by atoms with van der Waals surface area (Å²) in [5.41, 5.74) is 1.62. The van der Waals surface area contributed by atoms with Gasteiger partial charge in [0.05, 0.1) is 18.1 Å². The number of carbonyl (C=O) groups is 3. The lowest BCUT2D eigenvalue weighted by Gasteiger charge is -2.23. The van der Waals surface area contributed by atoms with Crippen molar-refractivity contribution in [3.8, 4) is 11.4 Å². The molecule has 3 heterocycles. The number of rotatable bonds is 9. The standard InChI is InChI=1S/C21H23N7O4S2/c1-3-32-15-6-4-14(5-7-15)28-16(8-13-9-17(29)24-19(31)23-13)26-27-21(28)34-11-18(30)25-20-22-12(2)10-33-20/h4-7,10,13H,3,8-9,11H2,1-2H3,(H,22,25,30)(H2,23,24,29,31). The number of thiazole rings is 1. The molecule has 4 rings (SSSR count). The van der Waals surface area contributed by atoms with E-state index in [1.165, 1.54) is 23.1 Å². The number of aromatic nitrogens is 4. The molecule has 1 atom stereocenters. The minimum Gasteiger partial charge on any atom is -0.494 e. The SMILES string of the molecule is CCOc1ccc(-n2c(CC3CC(=O)NC(=O)N3)nnc2SCC(=O)Nc2nc(C)cs2)cc1. The largest absolute Gasteiger partial charge is 0.494 e. The first-order chi connectivity index (χ1) is 16.4. The summed E-state index contributed by atoms with van der Waals surface area (Å²) in [4.78, 5) is 40.2. The Morgan fingerprint density at radius 1 is 1.29 bits per heavy atom. The third kappa shape index (κ3) is 5.91. The number of carbonyl (C=O) groups excluding carboxylic acids is 3. The molecule has 0 radical (unpaired) electrons. The number of urea groups is 1. The first kappa shape index (κ1) is 23.7. The molecule has 0 aliphatic carbocycles. The summed E-state index contributed by atoms with van der Waals surface area (Å²) in [6.07, 6.45) is 0.435. The van der Waals surface area contributed by atoms with Crippen LogP contribution in [0.5, 0.6) is 5.75 Å². The maximum atomic E-state index is 12.4. The average Bonchev–Trinajstić information content (AvgIpc) is 3.38. The van der Waals surface area contributed by atoms with Crippen LogP contribution in [0.3, 0.4) is 0 Å². The maximum absolute atomic E-state index is 12.4. The van der Waals surface area contributed by atoms with E-state index in [0.29, 0.717) is 29.1 Å².